The largest absolute Gasteiger partial charge is 0.478 e. The Labute approximate surface area is 85.9 Å². The van der Waals surface area contributed by atoms with Crippen molar-refractivity contribution < 1.29 is 14.3 Å². The van der Waals surface area contributed by atoms with Crippen LogP contribution in [0.3, 0.4) is 0 Å². The molecule has 72 valence electrons. The van der Waals surface area contributed by atoms with E-state index in [2.05, 4.69) is 25.9 Å². The van der Waals surface area contributed by atoms with Crippen molar-refractivity contribution in [2.24, 2.45) is 0 Å². The van der Waals surface area contributed by atoms with Gasteiger partial charge in [-0.1, -0.05) is 0 Å². The van der Waals surface area contributed by atoms with Crippen LogP contribution in [0.5, 0.6) is 0 Å². The third-order valence-electron chi connectivity index (χ3n) is 1.82. The Bertz CT molecular complexity index is 523. The van der Waals surface area contributed by atoms with Gasteiger partial charge >= 0.3 is 5.97 Å². The fraction of sp³-hybridized carbons (Fsp3) is 0. The first-order valence-electron chi connectivity index (χ1n) is 3.65. The number of carbonyl (C=O) groups is 1. The molecule has 0 aliphatic heterocycles. The van der Waals surface area contributed by atoms with Gasteiger partial charge in [-0.15, -0.1) is 0 Å². The fourth-order valence-corrected chi connectivity index (χ4v) is 1.48. The smallest absolute Gasteiger partial charge is 0.339 e. The van der Waals surface area contributed by atoms with E-state index in [1.54, 1.807) is 0 Å². The minimum absolute atomic E-state index is 0.0357. The van der Waals surface area contributed by atoms with Crippen LogP contribution in [0.15, 0.2) is 16.9 Å². The van der Waals surface area contributed by atoms with Crippen molar-refractivity contribution in [1.82, 2.24) is 9.97 Å². The van der Waals surface area contributed by atoms with E-state index in [9.17, 15) is 9.18 Å². The number of aromatic carboxylic acids is 1. The van der Waals surface area contributed by atoms with E-state index >= 15 is 0 Å². The summed E-state index contributed by atoms with van der Waals surface area (Å²) in [5.74, 6) is -1.67. The van der Waals surface area contributed by atoms with Crippen LogP contribution in [0.4, 0.5) is 4.39 Å². The second-order valence-electron chi connectivity index (χ2n) is 2.65. The zero-order valence-electron chi connectivity index (χ0n) is 6.71. The Morgan fingerprint density at radius 3 is 3.00 bits per heavy atom. The highest BCUT2D eigenvalue weighted by molar-refractivity contribution is 9.10. The van der Waals surface area contributed by atoms with Crippen LogP contribution in [-0.2, 0) is 0 Å². The Morgan fingerprint density at radius 1 is 1.64 bits per heavy atom. The number of halogens is 2. The molecular formula is C8H4BrFN2O2. The number of fused-ring (bicyclic) bond motifs is 1. The lowest BCUT2D eigenvalue weighted by Crippen LogP contribution is -1.95. The minimum Gasteiger partial charge on any atom is -0.478 e. The van der Waals surface area contributed by atoms with E-state index in [1.807, 2.05) is 0 Å². The van der Waals surface area contributed by atoms with Gasteiger partial charge < -0.3 is 10.1 Å². The van der Waals surface area contributed by atoms with Gasteiger partial charge in [-0.25, -0.2) is 9.18 Å². The van der Waals surface area contributed by atoms with Crippen molar-refractivity contribution in [3.05, 3.63) is 28.2 Å². The Kier molecular flexibility index (Phi) is 1.99. The molecular weight excluding hydrogens is 255 g/mol. The van der Waals surface area contributed by atoms with E-state index in [4.69, 9.17) is 5.11 Å². The Hall–Kier alpha value is -1.43. The lowest BCUT2D eigenvalue weighted by Gasteiger charge is -1.95. The molecule has 0 fully saturated rings. The SMILES string of the molecule is O=C(O)c1c[nH]c2c(F)c(Br)cnc12. The number of aromatic amines is 1. The number of H-pyrrole nitrogens is 1. The van der Waals surface area contributed by atoms with Crippen molar-refractivity contribution in [1.29, 1.82) is 0 Å². The third-order valence-corrected chi connectivity index (χ3v) is 2.37. The first-order valence-corrected chi connectivity index (χ1v) is 4.45. The first-order chi connectivity index (χ1) is 6.61. The highest BCUT2D eigenvalue weighted by atomic mass is 79.9. The van der Waals surface area contributed by atoms with Gasteiger partial charge in [0.1, 0.15) is 16.6 Å². The molecule has 0 aliphatic rings. The van der Waals surface area contributed by atoms with E-state index < -0.39 is 11.8 Å². The summed E-state index contributed by atoms with van der Waals surface area (Å²) in [4.78, 5) is 17.0. The molecule has 2 aromatic rings. The molecule has 0 aromatic carbocycles. The summed E-state index contributed by atoms with van der Waals surface area (Å²) in [6.07, 6.45) is 2.45. The van der Waals surface area contributed by atoms with Crippen LogP contribution >= 0.6 is 15.9 Å². The van der Waals surface area contributed by atoms with Gasteiger partial charge in [0.05, 0.1) is 4.47 Å². The predicted molar refractivity (Wildman–Crippen MR) is 50.7 cm³/mol. The number of pyridine rings is 1. The van der Waals surface area contributed by atoms with E-state index in [-0.39, 0.29) is 21.1 Å². The standard InChI is InChI=1S/C8H4BrFN2O2/c9-4-2-12-6-3(8(13)14)1-11-7(6)5(4)10/h1-2,11H,(H,13,14). The van der Waals surface area contributed by atoms with Gasteiger partial charge in [0.25, 0.3) is 0 Å². The zero-order valence-corrected chi connectivity index (χ0v) is 8.30. The summed E-state index contributed by atoms with van der Waals surface area (Å²) in [7, 11) is 0. The van der Waals surface area contributed by atoms with Crippen molar-refractivity contribution in [3.63, 3.8) is 0 Å². The van der Waals surface area contributed by atoms with Gasteiger partial charge in [0.15, 0.2) is 5.82 Å². The topological polar surface area (TPSA) is 66.0 Å². The van der Waals surface area contributed by atoms with Crippen LogP contribution in [-0.4, -0.2) is 21.0 Å². The first kappa shape index (κ1) is 9.14. The third kappa shape index (κ3) is 1.19. The molecule has 0 amide bonds. The monoisotopic (exact) mass is 258 g/mol. The van der Waals surface area contributed by atoms with Gasteiger partial charge in [-0.05, 0) is 15.9 Å². The van der Waals surface area contributed by atoms with Gasteiger partial charge in [0.2, 0.25) is 0 Å². The molecule has 0 radical (unpaired) electrons. The molecule has 0 spiro atoms. The van der Waals surface area contributed by atoms with Crippen LogP contribution in [0, 0.1) is 5.82 Å². The highest BCUT2D eigenvalue weighted by Crippen LogP contribution is 2.24. The van der Waals surface area contributed by atoms with Crippen LogP contribution < -0.4 is 0 Å². The lowest BCUT2D eigenvalue weighted by molar-refractivity contribution is 0.0699. The van der Waals surface area contributed by atoms with Crippen molar-refractivity contribution in [3.8, 4) is 0 Å². The van der Waals surface area contributed by atoms with Crippen LogP contribution in [0.25, 0.3) is 11.0 Å². The quantitative estimate of drug-likeness (QED) is 0.824. The van der Waals surface area contributed by atoms with Crippen molar-refractivity contribution in [2.75, 3.05) is 0 Å². The molecule has 14 heavy (non-hydrogen) atoms. The second kappa shape index (κ2) is 3.06. The summed E-state index contributed by atoms with van der Waals surface area (Å²) < 4.78 is 13.6. The number of nitrogens with one attached hydrogen (secondary N) is 1. The number of carboxylic acid groups (broad SMARTS) is 1. The van der Waals surface area contributed by atoms with E-state index in [0.717, 1.165) is 0 Å². The van der Waals surface area contributed by atoms with Crippen molar-refractivity contribution in [2.45, 2.75) is 0 Å². The van der Waals surface area contributed by atoms with Crippen LogP contribution in [0.2, 0.25) is 0 Å². The summed E-state index contributed by atoms with van der Waals surface area (Å²) in [6.45, 7) is 0. The maximum absolute atomic E-state index is 13.4. The van der Waals surface area contributed by atoms with E-state index in [1.165, 1.54) is 12.4 Å². The molecule has 4 nitrogen and oxygen atoms in total. The van der Waals surface area contributed by atoms with Crippen molar-refractivity contribution >= 4 is 32.9 Å². The molecule has 2 N–H and O–H groups in total. The maximum Gasteiger partial charge on any atom is 0.339 e. The Morgan fingerprint density at radius 2 is 2.36 bits per heavy atom. The molecule has 2 rings (SSSR count). The average Bonchev–Trinajstić information content (AvgIpc) is 2.55. The molecule has 0 bridgehead atoms. The van der Waals surface area contributed by atoms with Gasteiger partial charge in [-0.2, -0.15) is 0 Å². The maximum atomic E-state index is 13.4. The minimum atomic E-state index is -1.13. The molecule has 0 atom stereocenters. The number of hydrogen-bond acceptors (Lipinski definition) is 2. The molecule has 0 saturated carbocycles. The Balaban J connectivity index is 2.83. The zero-order chi connectivity index (χ0) is 10.3. The molecule has 0 saturated heterocycles. The van der Waals surface area contributed by atoms with Gasteiger partial charge in [0, 0.05) is 12.4 Å². The molecule has 0 aliphatic carbocycles. The molecule has 6 heteroatoms. The molecule has 2 heterocycles. The average molecular weight is 259 g/mol. The lowest BCUT2D eigenvalue weighted by atomic mass is 10.2. The highest BCUT2D eigenvalue weighted by Gasteiger charge is 2.15. The van der Waals surface area contributed by atoms with Gasteiger partial charge in [-0.3, -0.25) is 4.98 Å². The number of carboxylic acids is 1. The number of rotatable bonds is 1. The fourth-order valence-electron chi connectivity index (χ4n) is 1.18. The summed E-state index contributed by atoms with van der Waals surface area (Å²) >= 11 is 2.96. The number of nitrogens with zero attached hydrogens (tertiary/aromatic N) is 1. The molecule has 0 unspecified atom stereocenters. The predicted octanol–water partition coefficient (Wildman–Crippen LogP) is 2.16. The summed E-state index contributed by atoms with van der Waals surface area (Å²) in [5.41, 5.74) is 0.182. The number of aromatic nitrogens is 2. The second-order valence-corrected chi connectivity index (χ2v) is 3.51. The number of hydrogen-bond donors (Lipinski definition) is 2. The molecule has 2 aromatic heterocycles. The van der Waals surface area contributed by atoms with E-state index in [0.29, 0.717) is 0 Å². The van der Waals surface area contributed by atoms with Crippen LogP contribution in [0.1, 0.15) is 10.4 Å². The summed E-state index contributed by atoms with van der Waals surface area (Å²) in [5, 5.41) is 8.74. The normalized spacial score (nSPS) is 10.7. The summed E-state index contributed by atoms with van der Waals surface area (Å²) in [6, 6.07) is 0.